The zero-order valence-corrected chi connectivity index (χ0v) is 15.6. The Morgan fingerprint density at radius 3 is 2.81 bits per heavy atom. The molecule has 2 aromatic rings. The molecule has 2 aromatic heterocycles. The highest BCUT2D eigenvalue weighted by Crippen LogP contribution is 2.42. The Hall–Kier alpha value is -2.05. The molecule has 26 heavy (non-hydrogen) atoms. The second-order valence-corrected chi connectivity index (χ2v) is 7.61. The molecule has 0 saturated carbocycles. The standard InChI is InChI=1S/C20H27N5O/c1-15-10-22-19(23-11-15)21-8-6-17-7-9-26-20(17)13-25(14-20)12-18-5-3-4-16(2)24-18/h3-5,10-11,17H,6-9,12-14H2,1-2H3,(H,21,22,23)/t17-/m1/s1. The summed E-state index contributed by atoms with van der Waals surface area (Å²) in [5.74, 6) is 1.31. The van der Waals surface area contributed by atoms with E-state index in [1.54, 1.807) is 0 Å². The lowest BCUT2D eigenvalue weighted by atomic mass is 9.79. The van der Waals surface area contributed by atoms with Crippen molar-refractivity contribution in [2.75, 3.05) is 31.6 Å². The number of hydrogen-bond acceptors (Lipinski definition) is 6. The van der Waals surface area contributed by atoms with E-state index in [1.807, 2.05) is 32.3 Å². The molecule has 4 rings (SSSR count). The van der Waals surface area contributed by atoms with Crippen LogP contribution in [0.5, 0.6) is 0 Å². The van der Waals surface area contributed by atoms with Crippen LogP contribution in [0.25, 0.3) is 0 Å². The maximum absolute atomic E-state index is 6.18. The molecule has 1 N–H and O–H groups in total. The molecule has 6 nitrogen and oxygen atoms in total. The molecule has 0 radical (unpaired) electrons. The summed E-state index contributed by atoms with van der Waals surface area (Å²) in [5, 5.41) is 3.34. The van der Waals surface area contributed by atoms with Gasteiger partial charge in [0.15, 0.2) is 0 Å². The van der Waals surface area contributed by atoms with Gasteiger partial charge in [0, 0.05) is 50.9 Å². The first-order valence-corrected chi connectivity index (χ1v) is 9.44. The molecule has 6 heteroatoms. The number of ether oxygens (including phenoxy) is 1. The minimum atomic E-state index is 0.0413. The summed E-state index contributed by atoms with van der Waals surface area (Å²) >= 11 is 0. The van der Waals surface area contributed by atoms with Gasteiger partial charge in [0.25, 0.3) is 0 Å². The minimum absolute atomic E-state index is 0.0413. The fourth-order valence-corrected chi connectivity index (χ4v) is 4.12. The van der Waals surface area contributed by atoms with Crippen molar-refractivity contribution in [1.82, 2.24) is 19.9 Å². The average molecular weight is 353 g/mol. The number of nitrogens with one attached hydrogen (secondary N) is 1. The van der Waals surface area contributed by atoms with E-state index < -0.39 is 0 Å². The van der Waals surface area contributed by atoms with Gasteiger partial charge < -0.3 is 10.1 Å². The predicted molar refractivity (Wildman–Crippen MR) is 101 cm³/mol. The fraction of sp³-hybridized carbons (Fsp3) is 0.550. The number of hydrogen-bond donors (Lipinski definition) is 1. The van der Waals surface area contributed by atoms with Crippen molar-refractivity contribution in [3.8, 4) is 0 Å². The van der Waals surface area contributed by atoms with Gasteiger partial charge in [0.2, 0.25) is 5.95 Å². The van der Waals surface area contributed by atoms with E-state index in [9.17, 15) is 0 Å². The Morgan fingerprint density at radius 1 is 1.23 bits per heavy atom. The van der Waals surface area contributed by atoms with E-state index in [0.717, 1.165) is 62.6 Å². The molecule has 2 fully saturated rings. The van der Waals surface area contributed by atoms with Crippen LogP contribution >= 0.6 is 0 Å². The molecule has 0 aromatic carbocycles. The Labute approximate surface area is 155 Å². The molecule has 0 unspecified atom stereocenters. The van der Waals surface area contributed by atoms with Gasteiger partial charge in [0.1, 0.15) is 0 Å². The van der Waals surface area contributed by atoms with Crippen LogP contribution < -0.4 is 5.32 Å². The van der Waals surface area contributed by atoms with Crippen LogP contribution in [0.1, 0.15) is 29.8 Å². The number of pyridine rings is 1. The number of nitrogens with zero attached hydrogens (tertiary/aromatic N) is 4. The van der Waals surface area contributed by atoms with Gasteiger partial charge in [-0.3, -0.25) is 9.88 Å². The van der Waals surface area contributed by atoms with Gasteiger partial charge in [0.05, 0.1) is 11.3 Å². The van der Waals surface area contributed by atoms with Gasteiger partial charge in [-0.05, 0) is 50.3 Å². The third kappa shape index (κ3) is 3.71. The largest absolute Gasteiger partial charge is 0.372 e. The molecule has 0 aliphatic carbocycles. The van der Waals surface area contributed by atoms with Crippen molar-refractivity contribution < 1.29 is 4.74 Å². The van der Waals surface area contributed by atoms with Crippen LogP contribution in [0.15, 0.2) is 30.6 Å². The zero-order valence-electron chi connectivity index (χ0n) is 15.6. The number of likely N-dealkylation sites (tertiary alicyclic amines) is 1. The van der Waals surface area contributed by atoms with Crippen molar-refractivity contribution in [1.29, 1.82) is 0 Å². The van der Waals surface area contributed by atoms with Crippen LogP contribution in [-0.2, 0) is 11.3 Å². The van der Waals surface area contributed by atoms with Gasteiger partial charge in [-0.25, -0.2) is 9.97 Å². The number of aryl methyl sites for hydroxylation is 2. The van der Waals surface area contributed by atoms with Gasteiger partial charge in [-0.2, -0.15) is 0 Å². The normalized spacial score (nSPS) is 21.7. The van der Waals surface area contributed by atoms with Crippen molar-refractivity contribution >= 4 is 5.95 Å². The highest BCUT2D eigenvalue weighted by molar-refractivity contribution is 5.24. The van der Waals surface area contributed by atoms with Crippen LogP contribution in [0.4, 0.5) is 5.95 Å². The van der Waals surface area contributed by atoms with Crippen molar-refractivity contribution in [2.45, 2.75) is 38.8 Å². The Bertz CT molecular complexity index is 742. The molecule has 0 bridgehead atoms. The van der Waals surface area contributed by atoms with E-state index in [4.69, 9.17) is 4.74 Å². The molecule has 2 aliphatic rings. The molecular formula is C20H27N5O. The fourth-order valence-electron chi connectivity index (χ4n) is 4.12. The number of aromatic nitrogens is 3. The quantitative estimate of drug-likeness (QED) is 0.861. The summed E-state index contributed by atoms with van der Waals surface area (Å²) in [5.41, 5.74) is 3.35. The highest BCUT2D eigenvalue weighted by atomic mass is 16.5. The van der Waals surface area contributed by atoms with E-state index in [2.05, 4.69) is 37.3 Å². The maximum Gasteiger partial charge on any atom is 0.222 e. The minimum Gasteiger partial charge on any atom is -0.372 e. The van der Waals surface area contributed by atoms with Crippen molar-refractivity contribution in [3.05, 3.63) is 47.5 Å². The molecule has 2 saturated heterocycles. The van der Waals surface area contributed by atoms with Crippen LogP contribution in [0.2, 0.25) is 0 Å². The molecule has 2 aliphatic heterocycles. The SMILES string of the molecule is Cc1cnc(NCC[C@@H]2CCOC23CN(Cc2cccc(C)n2)C3)nc1. The van der Waals surface area contributed by atoms with E-state index >= 15 is 0 Å². The topological polar surface area (TPSA) is 63.2 Å². The summed E-state index contributed by atoms with van der Waals surface area (Å²) in [6.45, 7) is 8.73. The lowest BCUT2D eigenvalue weighted by molar-refractivity contribution is -0.136. The Balaban J connectivity index is 1.27. The average Bonchev–Trinajstić information content (AvgIpc) is 3.00. The molecule has 1 spiro atoms. The number of anilines is 1. The van der Waals surface area contributed by atoms with E-state index in [1.165, 1.54) is 0 Å². The monoisotopic (exact) mass is 353 g/mol. The van der Waals surface area contributed by atoms with Gasteiger partial charge in [-0.1, -0.05) is 6.07 Å². The van der Waals surface area contributed by atoms with Crippen LogP contribution in [-0.4, -0.2) is 51.7 Å². The Kier molecular flexibility index (Phi) is 4.87. The van der Waals surface area contributed by atoms with Crippen molar-refractivity contribution in [2.24, 2.45) is 5.92 Å². The maximum atomic E-state index is 6.18. The molecular weight excluding hydrogens is 326 g/mol. The molecule has 4 heterocycles. The van der Waals surface area contributed by atoms with E-state index in [0.29, 0.717) is 11.9 Å². The predicted octanol–water partition coefficient (Wildman–Crippen LogP) is 2.58. The first kappa shape index (κ1) is 17.4. The lowest BCUT2D eigenvalue weighted by Gasteiger charge is -2.50. The highest BCUT2D eigenvalue weighted by Gasteiger charge is 2.52. The van der Waals surface area contributed by atoms with Crippen LogP contribution in [0.3, 0.4) is 0 Å². The summed E-state index contributed by atoms with van der Waals surface area (Å²) in [6, 6.07) is 6.24. The Morgan fingerprint density at radius 2 is 2.04 bits per heavy atom. The molecule has 1 atom stereocenters. The summed E-state index contributed by atoms with van der Waals surface area (Å²) < 4.78 is 6.18. The summed E-state index contributed by atoms with van der Waals surface area (Å²) in [6.07, 6.45) is 5.93. The smallest absolute Gasteiger partial charge is 0.222 e. The molecule has 138 valence electrons. The second-order valence-electron chi connectivity index (χ2n) is 7.61. The van der Waals surface area contributed by atoms with Crippen LogP contribution in [0, 0.1) is 19.8 Å². The van der Waals surface area contributed by atoms with Gasteiger partial charge >= 0.3 is 0 Å². The van der Waals surface area contributed by atoms with Gasteiger partial charge in [-0.15, -0.1) is 0 Å². The summed E-state index contributed by atoms with van der Waals surface area (Å²) in [7, 11) is 0. The third-order valence-corrected chi connectivity index (χ3v) is 5.47. The summed E-state index contributed by atoms with van der Waals surface area (Å²) in [4.78, 5) is 15.7. The lowest BCUT2D eigenvalue weighted by Crippen LogP contribution is -2.64. The van der Waals surface area contributed by atoms with E-state index in [-0.39, 0.29) is 5.60 Å². The molecule has 0 amide bonds. The first-order valence-electron chi connectivity index (χ1n) is 9.44. The number of rotatable bonds is 6. The zero-order chi connectivity index (χ0) is 18.0. The second kappa shape index (κ2) is 7.29. The third-order valence-electron chi connectivity index (χ3n) is 5.47. The van der Waals surface area contributed by atoms with Crippen molar-refractivity contribution in [3.63, 3.8) is 0 Å². The first-order chi connectivity index (χ1) is 12.6.